The van der Waals surface area contributed by atoms with Gasteiger partial charge in [-0.15, -0.1) is 12.4 Å². The molecule has 0 unspecified atom stereocenters. The predicted octanol–water partition coefficient (Wildman–Crippen LogP) is 5.85. The van der Waals surface area contributed by atoms with Crippen molar-refractivity contribution >= 4 is 29.9 Å². The monoisotopic (exact) mass is 624 g/mol. The summed E-state index contributed by atoms with van der Waals surface area (Å²) in [6.45, 7) is 10.9. The third-order valence-electron chi connectivity index (χ3n) is 7.76. The minimum absolute atomic E-state index is 0. The van der Waals surface area contributed by atoms with E-state index in [9.17, 15) is 14.7 Å². The van der Waals surface area contributed by atoms with Crippen molar-refractivity contribution in [2.75, 3.05) is 31.1 Å². The minimum atomic E-state index is 0. The van der Waals surface area contributed by atoms with Crippen molar-refractivity contribution in [3.05, 3.63) is 72.1 Å². The summed E-state index contributed by atoms with van der Waals surface area (Å²) in [6.07, 6.45) is 6.31. The Hall–Kier alpha value is -3.69. The number of ketones is 2. The molecule has 1 aromatic heterocycles. The summed E-state index contributed by atoms with van der Waals surface area (Å²) in [4.78, 5) is 32.7. The van der Waals surface area contributed by atoms with Crippen molar-refractivity contribution < 1.29 is 24.2 Å². The molecule has 0 saturated carbocycles. The average molecular weight is 625 g/mol. The largest absolute Gasteiger partial charge is 0.505 e. The molecule has 3 heterocycles. The lowest BCUT2D eigenvalue weighted by Crippen LogP contribution is -2.25. The van der Waals surface area contributed by atoms with E-state index >= 15 is 0 Å². The van der Waals surface area contributed by atoms with Gasteiger partial charge in [-0.3, -0.25) is 0 Å². The number of halogens is 1. The number of hydrogen-bond donors (Lipinski definition) is 2. The lowest BCUT2D eigenvalue weighted by atomic mass is 9.96. The topological polar surface area (TPSA) is 114 Å². The molecule has 2 saturated heterocycles. The van der Waals surface area contributed by atoms with Gasteiger partial charge in [-0.2, -0.15) is 0 Å². The first-order chi connectivity index (χ1) is 20.7. The summed E-state index contributed by atoms with van der Waals surface area (Å²) in [5, 5.41) is 12.6. The van der Waals surface area contributed by atoms with Gasteiger partial charge in [0.1, 0.15) is 35.3 Å². The molecule has 9 nitrogen and oxygen atoms in total. The van der Waals surface area contributed by atoms with E-state index in [0.717, 1.165) is 49.5 Å². The van der Waals surface area contributed by atoms with E-state index in [2.05, 4.69) is 41.3 Å². The van der Waals surface area contributed by atoms with E-state index in [1.807, 2.05) is 41.3 Å². The number of rotatable bonds is 11. The second-order valence-corrected chi connectivity index (χ2v) is 11.7. The Balaban J connectivity index is 0.000000247. The van der Waals surface area contributed by atoms with Gasteiger partial charge in [0.25, 0.3) is 0 Å². The van der Waals surface area contributed by atoms with Gasteiger partial charge in [0, 0.05) is 32.4 Å². The van der Waals surface area contributed by atoms with Gasteiger partial charge in [0.2, 0.25) is 5.95 Å². The maximum absolute atomic E-state index is 11.2. The highest BCUT2D eigenvalue weighted by atomic mass is 35.5. The highest BCUT2D eigenvalue weighted by Crippen LogP contribution is 2.26. The third-order valence-corrected chi connectivity index (χ3v) is 7.76. The molecule has 0 aliphatic carbocycles. The van der Waals surface area contributed by atoms with Crippen LogP contribution in [-0.2, 0) is 9.59 Å². The molecule has 2 aliphatic rings. The zero-order valence-corrected chi connectivity index (χ0v) is 26.9. The van der Waals surface area contributed by atoms with Crippen molar-refractivity contribution in [1.82, 2.24) is 15.3 Å². The first-order valence-electron chi connectivity index (χ1n) is 15.1. The number of nitrogens with one attached hydrogen (secondary N) is 1. The van der Waals surface area contributed by atoms with E-state index in [0.29, 0.717) is 31.4 Å². The molecular formula is C34H45ClN4O5. The molecule has 0 amide bonds. The third kappa shape index (κ3) is 10.8. The summed E-state index contributed by atoms with van der Waals surface area (Å²) >= 11 is 0. The second-order valence-electron chi connectivity index (χ2n) is 11.7. The molecule has 2 aliphatic heterocycles. The van der Waals surface area contributed by atoms with Crippen molar-refractivity contribution in [3.63, 3.8) is 0 Å². The molecule has 238 valence electrons. The fraction of sp³-hybridized carbons (Fsp3) is 0.471. The molecule has 10 heteroatoms. The fourth-order valence-corrected chi connectivity index (χ4v) is 5.45. The fourth-order valence-electron chi connectivity index (χ4n) is 5.45. The zero-order valence-electron chi connectivity index (χ0n) is 26.1. The maximum Gasteiger partial charge on any atom is 0.225 e. The number of anilines is 1. The summed E-state index contributed by atoms with van der Waals surface area (Å²) in [5.74, 6) is 3.37. The number of carbonyl (C=O) groups excluding carboxylic acids is 2. The summed E-state index contributed by atoms with van der Waals surface area (Å²) in [5.41, 5.74) is 2.34. The number of benzene rings is 2. The molecule has 2 N–H and O–H groups in total. The molecule has 2 fully saturated rings. The van der Waals surface area contributed by atoms with E-state index in [4.69, 9.17) is 9.47 Å². The molecular weight excluding hydrogens is 580 g/mol. The van der Waals surface area contributed by atoms with E-state index in [-0.39, 0.29) is 47.7 Å². The predicted molar refractivity (Wildman–Crippen MR) is 174 cm³/mol. The molecule has 5 rings (SSSR count). The van der Waals surface area contributed by atoms with Gasteiger partial charge in [0.05, 0.1) is 18.9 Å². The average Bonchev–Trinajstić information content (AvgIpc) is 3.66. The highest BCUT2D eigenvalue weighted by molar-refractivity contribution is 5.85. The Labute approximate surface area is 266 Å². The number of aromatic hydroxyl groups is 1. The van der Waals surface area contributed by atoms with Gasteiger partial charge in [-0.1, -0.05) is 38.1 Å². The Bertz CT molecular complexity index is 1320. The van der Waals surface area contributed by atoms with Crippen LogP contribution in [0.5, 0.6) is 17.2 Å². The smallest absolute Gasteiger partial charge is 0.225 e. The first-order valence-corrected chi connectivity index (χ1v) is 15.1. The van der Waals surface area contributed by atoms with Crippen LogP contribution in [0, 0.1) is 0 Å². The van der Waals surface area contributed by atoms with Crippen LogP contribution in [0.15, 0.2) is 60.9 Å². The molecule has 0 radical (unpaired) electrons. The number of ether oxygens (including phenoxy) is 2. The highest BCUT2D eigenvalue weighted by Gasteiger charge is 2.26. The lowest BCUT2D eigenvalue weighted by molar-refractivity contribution is -0.118. The van der Waals surface area contributed by atoms with Gasteiger partial charge in [0.15, 0.2) is 5.75 Å². The zero-order chi connectivity index (χ0) is 30.8. The molecule has 4 atom stereocenters. The molecule has 2 aromatic carbocycles. The van der Waals surface area contributed by atoms with Crippen LogP contribution in [0.25, 0.3) is 0 Å². The number of hydrogen-bond acceptors (Lipinski definition) is 9. The number of nitrogens with zero attached hydrogens (tertiary/aromatic N) is 3. The van der Waals surface area contributed by atoms with Gasteiger partial charge >= 0.3 is 0 Å². The lowest BCUT2D eigenvalue weighted by Gasteiger charge is -2.17. The second kappa shape index (κ2) is 17.0. The van der Waals surface area contributed by atoms with Crippen LogP contribution in [0.3, 0.4) is 0 Å². The number of aromatic nitrogens is 2. The Morgan fingerprint density at radius 1 is 0.864 bits per heavy atom. The van der Waals surface area contributed by atoms with Crippen molar-refractivity contribution in [3.8, 4) is 17.2 Å². The number of Topliss-reactive ketones (excluding diaryl/α,β-unsaturated/α-hetero) is 2. The van der Waals surface area contributed by atoms with Gasteiger partial charge in [-0.05, 0) is 74.0 Å². The summed E-state index contributed by atoms with van der Waals surface area (Å²) < 4.78 is 11.9. The van der Waals surface area contributed by atoms with Crippen molar-refractivity contribution in [2.45, 2.75) is 77.4 Å². The summed E-state index contributed by atoms with van der Waals surface area (Å²) in [6, 6.07) is 16.1. The van der Waals surface area contributed by atoms with Gasteiger partial charge < -0.3 is 34.4 Å². The van der Waals surface area contributed by atoms with E-state index in [1.54, 1.807) is 13.8 Å². The number of carbonyl (C=O) groups is 2. The normalized spacial score (nSPS) is 18.8. The first kappa shape index (κ1) is 34.8. The molecule has 3 aromatic rings. The van der Waals surface area contributed by atoms with Crippen molar-refractivity contribution in [2.24, 2.45) is 0 Å². The van der Waals surface area contributed by atoms with Crippen LogP contribution in [-0.4, -0.2) is 65.0 Å². The summed E-state index contributed by atoms with van der Waals surface area (Å²) in [7, 11) is 0. The standard InChI is InChI=1S/C19H23N3O3.C15H21NO2.ClH/c1-13(9-14(2)23)15-3-5-17(6-4-15)25-18-7-8-22(12-18)19-20-10-16(24)11-21-19;1-11(9-12(2)17)13-3-5-14(6-4-13)18-15-7-8-16-10-15;/h3-6,10-11,13,18,24H,7-9,12H2,1-2H3;3-6,11,15-16H,7-10H2,1-2H3;1H/t13-,18-;11-,15-;/m11./s1. The Morgan fingerprint density at radius 3 is 1.82 bits per heavy atom. The molecule has 44 heavy (non-hydrogen) atoms. The SMILES string of the molecule is CC(=O)C[C@@H](C)c1ccc(O[C@@H]2CCN(c3ncc(O)cn3)C2)cc1.CC(=O)C[C@@H](C)c1ccc(O[C@@H]2CCNC2)cc1.Cl. The van der Waals surface area contributed by atoms with Crippen molar-refractivity contribution in [1.29, 1.82) is 0 Å². The Morgan fingerprint density at radius 2 is 1.36 bits per heavy atom. The Kier molecular flexibility index (Phi) is 13.4. The minimum Gasteiger partial charge on any atom is -0.505 e. The van der Waals surface area contributed by atoms with Crippen LogP contribution >= 0.6 is 12.4 Å². The van der Waals surface area contributed by atoms with Crippen LogP contribution in [0.1, 0.15) is 76.3 Å². The van der Waals surface area contributed by atoms with Gasteiger partial charge in [-0.25, -0.2) is 9.97 Å². The molecule has 0 bridgehead atoms. The van der Waals surface area contributed by atoms with E-state index in [1.165, 1.54) is 18.0 Å². The van der Waals surface area contributed by atoms with Crippen LogP contribution in [0.2, 0.25) is 0 Å². The maximum atomic E-state index is 11.2. The van der Waals surface area contributed by atoms with Crippen LogP contribution < -0.4 is 19.7 Å². The molecule has 0 spiro atoms. The quantitative estimate of drug-likeness (QED) is 0.271. The van der Waals surface area contributed by atoms with Crippen LogP contribution in [0.4, 0.5) is 5.95 Å². The van der Waals surface area contributed by atoms with E-state index < -0.39 is 0 Å².